The molecule has 7 rings (SSSR count). The predicted molar refractivity (Wildman–Crippen MR) is 236 cm³/mol. The number of nitrogens with zero attached hydrogens (tertiary/aromatic N) is 1. The topological polar surface area (TPSA) is 85.6 Å². The summed E-state index contributed by atoms with van der Waals surface area (Å²) in [5.41, 5.74) is 8.61. The number of aromatic nitrogens is 1. The molecule has 2 aliphatic rings. The Morgan fingerprint density at radius 1 is 0.717 bits per heavy atom. The second-order valence-corrected chi connectivity index (χ2v) is 15.4. The molecule has 0 amide bonds. The zero-order valence-corrected chi connectivity index (χ0v) is 35.4. The third kappa shape index (κ3) is 9.57. The minimum absolute atomic E-state index is 0.139. The van der Waals surface area contributed by atoms with Gasteiger partial charge in [0, 0.05) is 22.9 Å². The second kappa shape index (κ2) is 20.3. The van der Waals surface area contributed by atoms with Crippen molar-refractivity contribution in [2.75, 3.05) is 41.3 Å². The zero-order valence-electron chi connectivity index (χ0n) is 35.4. The maximum absolute atomic E-state index is 13.5. The monoisotopic (exact) mass is 812 g/mol. The molecule has 314 valence electrons. The fourth-order valence-electron chi connectivity index (χ4n) is 8.50. The first-order valence-electron chi connectivity index (χ1n) is 21.3. The Kier molecular flexibility index (Phi) is 14.3. The minimum atomic E-state index is -0.239. The van der Waals surface area contributed by atoms with E-state index in [1.54, 1.807) is 21.3 Å². The lowest BCUT2D eigenvalue weighted by Gasteiger charge is -2.20. The van der Waals surface area contributed by atoms with E-state index in [-0.39, 0.29) is 19.2 Å². The number of unbranched alkanes of at least 4 members (excludes halogenated alkanes) is 7. The number of carbonyl (C=O) groups is 1. The highest BCUT2D eigenvalue weighted by Gasteiger charge is 2.33. The first-order valence-corrected chi connectivity index (χ1v) is 21.3. The average Bonchev–Trinajstić information content (AvgIpc) is 3.73. The highest BCUT2D eigenvalue weighted by atomic mass is 16.7. The van der Waals surface area contributed by atoms with E-state index in [0.717, 1.165) is 132 Å². The van der Waals surface area contributed by atoms with Crippen LogP contribution in [0.4, 0.5) is 0 Å². The van der Waals surface area contributed by atoms with Gasteiger partial charge in [-0.3, -0.25) is 4.79 Å². The Balaban J connectivity index is 0.869. The molecule has 0 N–H and O–H groups in total. The van der Waals surface area contributed by atoms with E-state index in [2.05, 4.69) is 60.3 Å². The quantitative estimate of drug-likeness (QED) is 0.0296. The standard InChI is InChI=1S/C51H58NO8/c1-6-16-35-18-21-45(40(28-35)36-19-22-44(54-3)38(29-36)17-7-2)57-26-14-12-10-8-9-11-13-15-27-58-49(53)32-42-39-20-23-46(55-4)51(56-5)43(39)33-52-25-24-37-30-47-48(60-34-59-47)31-41(37)50(42)52/h6-7,18-23,28-31,33H,1-2,8-17,24-27,32,34H2,3-5H3/q+1. The van der Waals surface area contributed by atoms with Gasteiger partial charge in [0.1, 0.15) is 11.5 Å². The van der Waals surface area contributed by atoms with Crippen LogP contribution in [0.2, 0.25) is 0 Å². The van der Waals surface area contributed by atoms with E-state index in [1.165, 1.54) is 24.0 Å². The van der Waals surface area contributed by atoms with Crippen molar-refractivity contribution in [3.63, 3.8) is 0 Å². The summed E-state index contributed by atoms with van der Waals surface area (Å²) < 4.78 is 42.9. The summed E-state index contributed by atoms with van der Waals surface area (Å²) in [6.07, 6.45) is 17.1. The van der Waals surface area contributed by atoms with Crippen LogP contribution in [0.15, 0.2) is 92.2 Å². The van der Waals surface area contributed by atoms with Gasteiger partial charge in [-0.1, -0.05) is 62.8 Å². The molecule has 0 radical (unpaired) electrons. The smallest absolute Gasteiger partial charge is 0.310 e. The van der Waals surface area contributed by atoms with Crippen LogP contribution in [0.5, 0.6) is 34.5 Å². The Bertz CT molecular complexity index is 2330. The van der Waals surface area contributed by atoms with Gasteiger partial charge in [0.15, 0.2) is 35.7 Å². The lowest BCUT2D eigenvalue weighted by molar-refractivity contribution is -0.686. The maximum Gasteiger partial charge on any atom is 0.310 e. The van der Waals surface area contributed by atoms with E-state index in [4.69, 9.17) is 33.2 Å². The van der Waals surface area contributed by atoms with Crippen molar-refractivity contribution in [1.82, 2.24) is 0 Å². The molecule has 5 aromatic rings. The normalized spacial score (nSPS) is 12.4. The van der Waals surface area contributed by atoms with Crippen molar-refractivity contribution in [3.05, 3.63) is 114 Å². The molecule has 0 saturated carbocycles. The average molecular weight is 813 g/mol. The Hall–Kier alpha value is -5.96. The number of aryl methyl sites for hydroxylation is 2. The summed E-state index contributed by atoms with van der Waals surface area (Å²) >= 11 is 0. The first kappa shape index (κ1) is 42.2. The van der Waals surface area contributed by atoms with E-state index in [1.807, 2.05) is 36.4 Å². The molecule has 9 heteroatoms. The predicted octanol–water partition coefficient (Wildman–Crippen LogP) is 10.5. The largest absolute Gasteiger partial charge is 0.496 e. The minimum Gasteiger partial charge on any atom is -0.496 e. The van der Waals surface area contributed by atoms with Crippen molar-refractivity contribution in [2.45, 2.75) is 83.6 Å². The SMILES string of the molecule is C=CCc1ccc(OCCCCCCCCCCOC(=O)Cc2c3[n+](cc4c(OC)c(OC)ccc24)CCc2cc4c(cc2-3)OCO4)c(-c2ccc(OC)c(CC=C)c2)c1. The van der Waals surface area contributed by atoms with Crippen LogP contribution in [0.1, 0.15) is 73.6 Å². The highest BCUT2D eigenvalue weighted by Crippen LogP contribution is 2.44. The van der Waals surface area contributed by atoms with Gasteiger partial charge in [0.05, 0.1) is 51.9 Å². The molecule has 0 aliphatic carbocycles. The Morgan fingerprint density at radius 2 is 1.42 bits per heavy atom. The number of methoxy groups -OCH3 is 3. The van der Waals surface area contributed by atoms with Gasteiger partial charge in [0.25, 0.3) is 0 Å². The fourth-order valence-corrected chi connectivity index (χ4v) is 8.50. The summed E-state index contributed by atoms with van der Waals surface area (Å²) in [6, 6.07) is 20.7. The number of hydrogen-bond donors (Lipinski definition) is 0. The third-order valence-corrected chi connectivity index (χ3v) is 11.5. The zero-order chi connectivity index (χ0) is 41.8. The van der Waals surface area contributed by atoms with Gasteiger partial charge in [-0.15, -0.1) is 13.2 Å². The first-order chi connectivity index (χ1) is 29.5. The molecule has 2 aliphatic heterocycles. The van der Waals surface area contributed by atoms with Crippen LogP contribution in [-0.4, -0.2) is 47.3 Å². The van der Waals surface area contributed by atoms with Crippen LogP contribution in [0.3, 0.4) is 0 Å². The molecule has 9 nitrogen and oxygen atoms in total. The van der Waals surface area contributed by atoms with Crippen molar-refractivity contribution in [2.24, 2.45) is 0 Å². The number of benzene rings is 4. The summed E-state index contributed by atoms with van der Waals surface area (Å²) in [7, 11) is 4.98. The van der Waals surface area contributed by atoms with Gasteiger partial charge in [-0.05, 0) is 96.5 Å². The highest BCUT2D eigenvalue weighted by molar-refractivity contribution is 5.97. The van der Waals surface area contributed by atoms with Crippen LogP contribution >= 0.6 is 0 Å². The van der Waals surface area contributed by atoms with Gasteiger partial charge in [-0.2, -0.15) is 4.57 Å². The maximum atomic E-state index is 13.5. The number of ether oxygens (including phenoxy) is 7. The summed E-state index contributed by atoms with van der Waals surface area (Å²) in [4.78, 5) is 13.5. The summed E-state index contributed by atoms with van der Waals surface area (Å²) in [5, 5.41) is 1.83. The fraction of sp³-hybridized carbons (Fsp3) is 0.373. The molecule has 0 atom stereocenters. The van der Waals surface area contributed by atoms with Crippen molar-refractivity contribution in [3.8, 4) is 56.9 Å². The molecule has 0 spiro atoms. The van der Waals surface area contributed by atoms with Crippen LogP contribution in [-0.2, 0) is 41.8 Å². The van der Waals surface area contributed by atoms with Crippen molar-refractivity contribution < 1.29 is 42.5 Å². The van der Waals surface area contributed by atoms with Crippen molar-refractivity contribution in [1.29, 1.82) is 0 Å². The number of esters is 1. The molecule has 60 heavy (non-hydrogen) atoms. The molecule has 0 fully saturated rings. The van der Waals surface area contributed by atoms with Gasteiger partial charge < -0.3 is 33.2 Å². The van der Waals surface area contributed by atoms with Gasteiger partial charge in [-0.25, -0.2) is 0 Å². The van der Waals surface area contributed by atoms with Crippen LogP contribution in [0.25, 0.3) is 33.2 Å². The van der Waals surface area contributed by atoms with E-state index in [9.17, 15) is 4.79 Å². The Labute approximate surface area is 354 Å². The van der Waals surface area contributed by atoms with Crippen molar-refractivity contribution >= 4 is 16.7 Å². The lowest BCUT2D eigenvalue weighted by atomic mass is 9.90. The molecular formula is C51H58NO8+. The number of fused-ring (bicyclic) bond motifs is 5. The number of carbonyl (C=O) groups excluding carboxylic acids is 1. The number of hydrogen-bond acceptors (Lipinski definition) is 8. The van der Waals surface area contributed by atoms with Gasteiger partial charge >= 0.3 is 5.97 Å². The number of rotatable bonds is 22. The van der Waals surface area contributed by atoms with Crippen LogP contribution in [0, 0.1) is 0 Å². The molecule has 4 aromatic carbocycles. The number of pyridine rings is 1. The van der Waals surface area contributed by atoms with Gasteiger partial charge in [0.2, 0.25) is 12.5 Å². The second-order valence-electron chi connectivity index (χ2n) is 15.4. The molecule has 0 unspecified atom stereocenters. The molecule has 3 heterocycles. The lowest BCUT2D eigenvalue weighted by Crippen LogP contribution is -2.41. The summed E-state index contributed by atoms with van der Waals surface area (Å²) in [6.45, 7) is 9.88. The molecule has 0 saturated heterocycles. The van der Waals surface area contributed by atoms with Crippen LogP contribution < -0.4 is 33.0 Å². The van der Waals surface area contributed by atoms with E-state index >= 15 is 0 Å². The summed E-state index contributed by atoms with van der Waals surface area (Å²) in [5.74, 6) is 4.30. The molecule has 1 aromatic heterocycles. The third-order valence-electron chi connectivity index (χ3n) is 11.5. The number of allylic oxidation sites excluding steroid dienone is 2. The van der Waals surface area contributed by atoms with E-state index in [0.29, 0.717) is 24.7 Å². The molecule has 0 bridgehead atoms. The van der Waals surface area contributed by atoms with E-state index < -0.39 is 0 Å². The Morgan fingerprint density at radius 3 is 2.15 bits per heavy atom. The molecular weight excluding hydrogens is 755 g/mol.